The number of rotatable bonds is 2. The van der Waals surface area contributed by atoms with Crippen LogP contribution in [0.5, 0.6) is 0 Å². The Labute approximate surface area is 138 Å². The predicted molar refractivity (Wildman–Crippen MR) is 95.6 cm³/mol. The summed E-state index contributed by atoms with van der Waals surface area (Å²) in [6, 6.07) is 18.8. The minimum absolute atomic E-state index is 0.167. The fourth-order valence-corrected chi connectivity index (χ4v) is 4.24. The Balaban J connectivity index is 2.23. The van der Waals surface area contributed by atoms with E-state index in [1.165, 1.54) is 27.6 Å². The van der Waals surface area contributed by atoms with Crippen LogP contribution < -0.4 is 0 Å². The summed E-state index contributed by atoms with van der Waals surface area (Å²) in [5.41, 5.74) is 5.20. The van der Waals surface area contributed by atoms with Crippen molar-refractivity contribution in [1.29, 1.82) is 0 Å². The summed E-state index contributed by atoms with van der Waals surface area (Å²) in [5, 5.41) is 3.11. The van der Waals surface area contributed by atoms with E-state index in [1.807, 2.05) is 12.1 Å². The lowest BCUT2D eigenvalue weighted by Gasteiger charge is -2.18. The molecular formula is C19H16BrCl. The Morgan fingerprint density at radius 2 is 1.43 bits per heavy atom. The van der Waals surface area contributed by atoms with E-state index < -0.39 is 0 Å². The van der Waals surface area contributed by atoms with Crippen LogP contribution in [-0.2, 0) is 0 Å². The molecule has 0 heterocycles. The van der Waals surface area contributed by atoms with Crippen molar-refractivity contribution in [2.75, 3.05) is 0 Å². The molecule has 0 spiro atoms. The third-order valence-corrected chi connectivity index (χ3v) is 5.25. The van der Waals surface area contributed by atoms with E-state index in [1.54, 1.807) is 0 Å². The van der Waals surface area contributed by atoms with Gasteiger partial charge in [-0.15, -0.1) is 0 Å². The molecule has 0 aromatic heterocycles. The minimum atomic E-state index is 0.167. The topological polar surface area (TPSA) is 0 Å². The zero-order chi connectivity index (χ0) is 15.0. The SMILES string of the molecule is Cc1cccc(C)c1C(Br)c1ccc(Cl)c2ccccc12. The van der Waals surface area contributed by atoms with Gasteiger partial charge in [0.15, 0.2) is 0 Å². The predicted octanol–water partition coefficient (Wildman–Crippen LogP) is 6.59. The van der Waals surface area contributed by atoms with E-state index in [-0.39, 0.29) is 4.83 Å². The first kappa shape index (κ1) is 14.6. The fourth-order valence-electron chi connectivity index (χ4n) is 2.89. The van der Waals surface area contributed by atoms with Crippen LogP contribution in [0.3, 0.4) is 0 Å². The minimum Gasteiger partial charge on any atom is -0.0837 e. The zero-order valence-electron chi connectivity index (χ0n) is 12.0. The fraction of sp³-hybridized carbons (Fsp3) is 0.158. The lowest BCUT2D eigenvalue weighted by molar-refractivity contribution is 1.12. The number of aryl methyl sites for hydroxylation is 2. The summed E-state index contributed by atoms with van der Waals surface area (Å²) < 4.78 is 0. The average molecular weight is 360 g/mol. The Morgan fingerprint density at radius 1 is 0.810 bits per heavy atom. The van der Waals surface area contributed by atoms with Crippen molar-refractivity contribution in [3.8, 4) is 0 Å². The molecule has 3 rings (SSSR count). The van der Waals surface area contributed by atoms with E-state index in [2.05, 4.69) is 72.2 Å². The van der Waals surface area contributed by atoms with E-state index in [4.69, 9.17) is 11.6 Å². The smallest absolute Gasteiger partial charge is 0.0655 e. The summed E-state index contributed by atoms with van der Waals surface area (Å²) in [4.78, 5) is 0.167. The molecule has 0 aliphatic heterocycles. The molecule has 0 saturated carbocycles. The second-order valence-electron chi connectivity index (χ2n) is 5.35. The molecule has 0 aliphatic carbocycles. The van der Waals surface area contributed by atoms with E-state index in [9.17, 15) is 0 Å². The maximum atomic E-state index is 6.33. The molecule has 0 aliphatic rings. The Bertz CT molecular complexity index is 788. The number of benzene rings is 3. The van der Waals surface area contributed by atoms with Crippen molar-refractivity contribution >= 4 is 38.3 Å². The molecule has 3 aromatic carbocycles. The second kappa shape index (κ2) is 5.82. The molecule has 0 fully saturated rings. The van der Waals surface area contributed by atoms with Gasteiger partial charge < -0.3 is 0 Å². The summed E-state index contributed by atoms with van der Waals surface area (Å²) in [6.45, 7) is 4.32. The van der Waals surface area contributed by atoms with Crippen LogP contribution in [0.15, 0.2) is 54.6 Å². The zero-order valence-corrected chi connectivity index (χ0v) is 14.4. The number of halogens is 2. The van der Waals surface area contributed by atoms with Crippen LogP contribution in [0.25, 0.3) is 10.8 Å². The van der Waals surface area contributed by atoms with Crippen molar-refractivity contribution in [3.05, 3.63) is 81.9 Å². The highest BCUT2D eigenvalue weighted by Gasteiger charge is 2.17. The number of fused-ring (bicyclic) bond motifs is 1. The van der Waals surface area contributed by atoms with Crippen molar-refractivity contribution in [2.45, 2.75) is 18.7 Å². The van der Waals surface area contributed by atoms with Crippen LogP contribution in [0, 0.1) is 13.8 Å². The van der Waals surface area contributed by atoms with Crippen molar-refractivity contribution in [1.82, 2.24) is 0 Å². The van der Waals surface area contributed by atoms with Gasteiger partial charge in [-0.25, -0.2) is 0 Å². The molecule has 2 heteroatoms. The molecule has 0 amide bonds. The Kier molecular flexibility index (Phi) is 4.05. The van der Waals surface area contributed by atoms with Gasteiger partial charge >= 0.3 is 0 Å². The molecule has 0 nitrogen and oxygen atoms in total. The van der Waals surface area contributed by atoms with Gasteiger partial charge in [0.2, 0.25) is 0 Å². The molecule has 3 aromatic rings. The van der Waals surface area contributed by atoms with E-state index >= 15 is 0 Å². The summed E-state index contributed by atoms with van der Waals surface area (Å²) in [7, 11) is 0. The Morgan fingerprint density at radius 3 is 2.10 bits per heavy atom. The van der Waals surface area contributed by atoms with Gasteiger partial charge in [0, 0.05) is 10.4 Å². The van der Waals surface area contributed by atoms with Crippen LogP contribution in [-0.4, -0.2) is 0 Å². The molecule has 0 radical (unpaired) electrons. The molecular weight excluding hydrogens is 344 g/mol. The van der Waals surface area contributed by atoms with Gasteiger partial charge in [0.05, 0.1) is 4.83 Å². The van der Waals surface area contributed by atoms with Crippen molar-refractivity contribution in [3.63, 3.8) is 0 Å². The van der Waals surface area contributed by atoms with Gasteiger partial charge in [0.1, 0.15) is 0 Å². The number of alkyl halides is 1. The third-order valence-electron chi connectivity index (χ3n) is 3.97. The Hall–Kier alpha value is -1.31. The van der Waals surface area contributed by atoms with Crippen molar-refractivity contribution < 1.29 is 0 Å². The van der Waals surface area contributed by atoms with Crippen LogP contribution in [0.1, 0.15) is 27.1 Å². The van der Waals surface area contributed by atoms with Crippen LogP contribution in [0.4, 0.5) is 0 Å². The summed E-state index contributed by atoms with van der Waals surface area (Å²) >= 11 is 10.2. The number of hydrogen-bond acceptors (Lipinski definition) is 0. The standard InChI is InChI=1S/C19H16BrCl/c1-12-6-5-7-13(2)18(12)19(20)16-10-11-17(21)15-9-4-3-8-14(15)16/h3-11,19H,1-2H3. The van der Waals surface area contributed by atoms with Gasteiger partial charge in [-0.2, -0.15) is 0 Å². The molecule has 0 saturated heterocycles. The second-order valence-corrected chi connectivity index (χ2v) is 6.67. The maximum Gasteiger partial charge on any atom is 0.0655 e. The largest absolute Gasteiger partial charge is 0.0837 e. The summed E-state index contributed by atoms with van der Waals surface area (Å²) in [6.07, 6.45) is 0. The third kappa shape index (κ3) is 2.61. The molecule has 1 unspecified atom stereocenters. The van der Waals surface area contributed by atoms with E-state index in [0.717, 1.165) is 10.4 Å². The monoisotopic (exact) mass is 358 g/mol. The van der Waals surface area contributed by atoms with Gasteiger partial charge in [0.25, 0.3) is 0 Å². The highest BCUT2D eigenvalue weighted by molar-refractivity contribution is 9.09. The first-order chi connectivity index (χ1) is 10.1. The molecule has 1 atom stereocenters. The number of hydrogen-bond donors (Lipinski definition) is 0. The van der Waals surface area contributed by atoms with Gasteiger partial charge in [-0.1, -0.05) is 76.1 Å². The van der Waals surface area contributed by atoms with E-state index in [0.29, 0.717) is 0 Å². The van der Waals surface area contributed by atoms with Crippen LogP contribution in [0.2, 0.25) is 5.02 Å². The molecule has 0 bridgehead atoms. The highest BCUT2D eigenvalue weighted by Crippen LogP contribution is 2.39. The van der Waals surface area contributed by atoms with Crippen LogP contribution >= 0.6 is 27.5 Å². The highest BCUT2D eigenvalue weighted by atomic mass is 79.9. The normalized spacial score (nSPS) is 12.6. The van der Waals surface area contributed by atoms with Gasteiger partial charge in [-0.3, -0.25) is 0 Å². The van der Waals surface area contributed by atoms with Crippen molar-refractivity contribution in [2.24, 2.45) is 0 Å². The van der Waals surface area contributed by atoms with Gasteiger partial charge in [-0.05, 0) is 47.6 Å². The molecule has 21 heavy (non-hydrogen) atoms. The molecule has 106 valence electrons. The average Bonchev–Trinajstić information content (AvgIpc) is 2.47. The lowest BCUT2D eigenvalue weighted by Crippen LogP contribution is -2.00. The lowest BCUT2D eigenvalue weighted by atomic mass is 9.93. The summed E-state index contributed by atoms with van der Waals surface area (Å²) in [5.74, 6) is 0. The first-order valence-electron chi connectivity index (χ1n) is 6.97. The quantitative estimate of drug-likeness (QED) is 0.452. The molecule has 0 N–H and O–H groups in total. The first-order valence-corrected chi connectivity index (χ1v) is 8.26. The maximum absolute atomic E-state index is 6.33.